The molecule has 1 aliphatic heterocycles. The second-order valence-electron chi connectivity index (χ2n) is 6.04. The molecule has 3 heterocycles. The first-order chi connectivity index (χ1) is 11.3. The van der Waals surface area contributed by atoms with Gasteiger partial charge in [0, 0.05) is 36.6 Å². The first-order valence-corrected chi connectivity index (χ1v) is 9.62. The standard InChI is InChI=1S/C17H24N4OS/c1-13(23-2)6-7-16-19-17(20-22-16)15-12-14(8-9-18-15)21-10-4-3-5-11-21/h8-9,12-13H,3-7,10-11H2,1-2H3. The van der Waals surface area contributed by atoms with Crippen LogP contribution in [0.3, 0.4) is 0 Å². The summed E-state index contributed by atoms with van der Waals surface area (Å²) in [4.78, 5) is 11.3. The second-order valence-corrected chi connectivity index (χ2v) is 7.32. The van der Waals surface area contributed by atoms with Crippen molar-refractivity contribution >= 4 is 17.4 Å². The Hall–Kier alpha value is -1.56. The Morgan fingerprint density at radius 3 is 2.91 bits per heavy atom. The van der Waals surface area contributed by atoms with E-state index in [1.807, 2.05) is 18.0 Å². The van der Waals surface area contributed by atoms with Crippen molar-refractivity contribution in [3.63, 3.8) is 0 Å². The fraction of sp³-hybridized carbons (Fsp3) is 0.588. The second kappa shape index (κ2) is 7.81. The summed E-state index contributed by atoms with van der Waals surface area (Å²) >= 11 is 1.86. The molecule has 1 saturated heterocycles. The zero-order valence-electron chi connectivity index (χ0n) is 13.9. The third-order valence-electron chi connectivity index (χ3n) is 4.33. The van der Waals surface area contributed by atoms with Gasteiger partial charge in [-0.05, 0) is 44.1 Å². The van der Waals surface area contributed by atoms with Crippen LogP contribution in [0.1, 0.15) is 38.5 Å². The van der Waals surface area contributed by atoms with E-state index in [1.54, 1.807) is 0 Å². The van der Waals surface area contributed by atoms with Gasteiger partial charge in [-0.25, -0.2) is 0 Å². The Morgan fingerprint density at radius 2 is 2.13 bits per heavy atom. The number of nitrogens with zero attached hydrogens (tertiary/aromatic N) is 4. The van der Waals surface area contributed by atoms with Crippen LogP contribution in [0.4, 0.5) is 5.69 Å². The van der Waals surface area contributed by atoms with Crippen molar-refractivity contribution < 1.29 is 4.52 Å². The normalized spacial score (nSPS) is 16.5. The van der Waals surface area contributed by atoms with Crippen LogP contribution in [0, 0.1) is 0 Å². The number of piperidine rings is 1. The number of pyridine rings is 1. The number of thioether (sulfide) groups is 1. The lowest BCUT2D eigenvalue weighted by Crippen LogP contribution is -2.29. The van der Waals surface area contributed by atoms with Crippen LogP contribution >= 0.6 is 11.8 Å². The Kier molecular flexibility index (Phi) is 5.54. The summed E-state index contributed by atoms with van der Waals surface area (Å²) in [6.07, 6.45) is 9.68. The average Bonchev–Trinajstić information content (AvgIpc) is 3.09. The molecular weight excluding hydrogens is 308 g/mol. The monoisotopic (exact) mass is 332 g/mol. The highest BCUT2D eigenvalue weighted by Gasteiger charge is 2.15. The van der Waals surface area contributed by atoms with Gasteiger partial charge in [0.2, 0.25) is 11.7 Å². The largest absolute Gasteiger partial charge is 0.371 e. The van der Waals surface area contributed by atoms with E-state index in [1.165, 1.54) is 24.9 Å². The lowest BCUT2D eigenvalue weighted by molar-refractivity contribution is 0.376. The maximum absolute atomic E-state index is 5.38. The van der Waals surface area contributed by atoms with Gasteiger partial charge in [0.25, 0.3) is 0 Å². The van der Waals surface area contributed by atoms with E-state index < -0.39 is 0 Å². The molecular formula is C17H24N4OS. The van der Waals surface area contributed by atoms with Crippen molar-refractivity contribution in [3.05, 3.63) is 24.2 Å². The minimum Gasteiger partial charge on any atom is -0.371 e. The third-order valence-corrected chi connectivity index (χ3v) is 5.37. The van der Waals surface area contributed by atoms with Crippen LogP contribution in [0.25, 0.3) is 11.5 Å². The fourth-order valence-corrected chi connectivity index (χ4v) is 3.15. The number of aryl methyl sites for hydroxylation is 1. The smallest absolute Gasteiger partial charge is 0.227 e. The van der Waals surface area contributed by atoms with Gasteiger partial charge in [0.05, 0.1) is 0 Å². The summed E-state index contributed by atoms with van der Waals surface area (Å²) in [5, 5.41) is 4.71. The average molecular weight is 332 g/mol. The zero-order valence-corrected chi connectivity index (χ0v) is 14.7. The molecule has 0 aromatic carbocycles. The summed E-state index contributed by atoms with van der Waals surface area (Å²) in [6.45, 7) is 4.45. The van der Waals surface area contributed by atoms with Crippen LogP contribution in [0.15, 0.2) is 22.9 Å². The molecule has 0 spiro atoms. The van der Waals surface area contributed by atoms with Gasteiger partial charge in [-0.2, -0.15) is 16.7 Å². The van der Waals surface area contributed by atoms with E-state index >= 15 is 0 Å². The molecule has 1 aliphatic rings. The molecule has 2 aromatic rings. The van der Waals surface area contributed by atoms with Gasteiger partial charge in [-0.1, -0.05) is 12.1 Å². The van der Waals surface area contributed by atoms with Crippen LogP contribution in [-0.2, 0) is 6.42 Å². The summed E-state index contributed by atoms with van der Waals surface area (Å²) in [5.41, 5.74) is 2.00. The van der Waals surface area contributed by atoms with Crippen molar-refractivity contribution in [2.24, 2.45) is 0 Å². The maximum Gasteiger partial charge on any atom is 0.227 e. The first-order valence-electron chi connectivity index (χ1n) is 8.33. The summed E-state index contributed by atoms with van der Waals surface area (Å²) < 4.78 is 5.38. The minimum atomic E-state index is 0.593. The molecule has 2 aromatic heterocycles. The predicted molar refractivity (Wildman–Crippen MR) is 94.9 cm³/mol. The molecule has 23 heavy (non-hydrogen) atoms. The Bertz CT molecular complexity index is 625. The minimum absolute atomic E-state index is 0.593. The van der Waals surface area contributed by atoms with Gasteiger partial charge in [-0.3, -0.25) is 4.98 Å². The van der Waals surface area contributed by atoms with Crippen LogP contribution in [0.5, 0.6) is 0 Å². The van der Waals surface area contributed by atoms with E-state index in [9.17, 15) is 0 Å². The lowest BCUT2D eigenvalue weighted by atomic mass is 10.1. The van der Waals surface area contributed by atoms with Gasteiger partial charge in [0.15, 0.2) is 0 Å². The van der Waals surface area contributed by atoms with E-state index in [0.717, 1.165) is 31.6 Å². The molecule has 6 heteroatoms. The molecule has 3 rings (SSSR count). The molecule has 124 valence electrons. The number of hydrogen-bond acceptors (Lipinski definition) is 6. The van der Waals surface area contributed by atoms with E-state index in [2.05, 4.69) is 45.3 Å². The van der Waals surface area contributed by atoms with Gasteiger partial charge >= 0.3 is 0 Å². The molecule has 0 bridgehead atoms. The van der Waals surface area contributed by atoms with E-state index in [0.29, 0.717) is 17.0 Å². The molecule has 1 atom stereocenters. The molecule has 5 nitrogen and oxygen atoms in total. The van der Waals surface area contributed by atoms with Crippen molar-refractivity contribution in [3.8, 4) is 11.5 Å². The predicted octanol–water partition coefficient (Wildman–Crippen LogP) is 3.81. The summed E-state index contributed by atoms with van der Waals surface area (Å²) in [6, 6.07) is 4.14. The molecule has 0 aliphatic carbocycles. The highest BCUT2D eigenvalue weighted by Crippen LogP contribution is 2.24. The molecule has 1 fully saturated rings. The van der Waals surface area contributed by atoms with Crippen LogP contribution in [0.2, 0.25) is 0 Å². The number of anilines is 1. The van der Waals surface area contributed by atoms with Crippen LogP contribution < -0.4 is 4.90 Å². The van der Waals surface area contributed by atoms with Gasteiger partial charge in [0.1, 0.15) is 5.69 Å². The number of aromatic nitrogens is 3. The van der Waals surface area contributed by atoms with Crippen molar-refractivity contribution in [1.29, 1.82) is 0 Å². The third kappa shape index (κ3) is 4.25. The molecule has 1 unspecified atom stereocenters. The van der Waals surface area contributed by atoms with Gasteiger partial charge in [-0.15, -0.1) is 0 Å². The zero-order chi connectivity index (χ0) is 16.1. The summed E-state index contributed by atoms with van der Waals surface area (Å²) in [5.74, 6) is 1.29. The summed E-state index contributed by atoms with van der Waals surface area (Å²) in [7, 11) is 0. The van der Waals surface area contributed by atoms with Crippen molar-refractivity contribution in [2.45, 2.75) is 44.3 Å². The lowest BCUT2D eigenvalue weighted by Gasteiger charge is -2.28. The SMILES string of the molecule is CSC(C)CCc1nc(-c2cc(N3CCCCC3)ccn2)no1. The quantitative estimate of drug-likeness (QED) is 0.802. The molecule has 0 amide bonds. The first kappa shape index (κ1) is 16.3. The topological polar surface area (TPSA) is 55.1 Å². The Labute approximate surface area is 141 Å². The molecule has 0 N–H and O–H groups in total. The van der Waals surface area contributed by atoms with Crippen molar-refractivity contribution in [2.75, 3.05) is 24.2 Å². The highest BCUT2D eigenvalue weighted by atomic mass is 32.2. The van der Waals surface area contributed by atoms with Gasteiger partial charge < -0.3 is 9.42 Å². The van der Waals surface area contributed by atoms with E-state index in [-0.39, 0.29) is 0 Å². The van der Waals surface area contributed by atoms with E-state index in [4.69, 9.17) is 4.52 Å². The number of rotatable bonds is 6. The fourth-order valence-electron chi connectivity index (χ4n) is 2.80. The van der Waals surface area contributed by atoms with Crippen LogP contribution in [-0.4, -0.2) is 39.7 Å². The highest BCUT2D eigenvalue weighted by molar-refractivity contribution is 7.99. The Morgan fingerprint density at radius 1 is 1.30 bits per heavy atom. The Balaban J connectivity index is 1.70. The maximum atomic E-state index is 5.38. The molecule has 0 radical (unpaired) electrons. The molecule has 0 saturated carbocycles. The number of hydrogen-bond donors (Lipinski definition) is 0. The van der Waals surface area contributed by atoms with Crippen molar-refractivity contribution in [1.82, 2.24) is 15.1 Å².